The molecule has 1 aliphatic carbocycles. The maximum atomic E-state index is 6.26. The van der Waals surface area contributed by atoms with Gasteiger partial charge in [0.05, 0.1) is 0 Å². The van der Waals surface area contributed by atoms with E-state index in [0.29, 0.717) is 12.1 Å². The van der Waals surface area contributed by atoms with Gasteiger partial charge in [-0.15, -0.1) is 0 Å². The van der Waals surface area contributed by atoms with Gasteiger partial charge in [-0.1, -0.05) is 42.6 Å². The molecule has 1 saturated carbocycles. The highest BCUT2D eigenvalue weighted by Crippen LogP contribution is 2.30. The second-order valence-corrected chi connectivity index (χ2v) is 6.56. The topological polar surface area (TPSA) is 12.0 Å². The van der Waals surface area contributed by atoms with E-state index in [1.807, 2.05) is 23.9 Å². The van der Waals surface area contributed by atoms with Crippen LogP contribution in [0.2, 0.25) is 5.02 Å². The van der Waals surface area contributed by atoms with Crippen molar-refractivity contribution in [2.24, 2.45) is 0 Å². The maximum Gasteiger partial charge on any atom is 0.0453 e. The molecular weight excluding hydrogens is 262 g/mol. The van der Waals surface area contributed by atoms with Crippen molar-refractivity contribution < 1.29 is 0 Å². The summed E-state index contributed by atoms with van der Waals surface area (Å²) in [7, 11) is 0. The summed E-state index contributed by atoms with van der Waals surface area (Å²) in [6, 6.07) is 9.10. The van der Waals surface area contributed by atoms with Gasteiger partial charge < -0.3 is 5.32 Å². The molecule has 0 bridgehead atoms. The molecule has 0 aliphatic heterocycles. The Morgan fingerprint density at radius 3 is 2.72 bits per heavy atom. The molecule has 1 aromatic rings. The molecule has 1 N–H and O–H groups in total. The van der Waals surface area contributed by atoms with Crippen LogP contribution in [0, 0.1) is 0 Å². The summed E-state index contributed by atoms with van der Waals surface area (Å²) in [6.07, 6.45) is 7.59. The Morgan fingerprint density at radius 2 is 2.00 bits per heavy atom. The van der Waals surface area contributed by atoms with E-state index in [4.69, 9.17) is 11.6 Å². The summed E-state index contributed by atoms with van der Waals surface area (Å²) in [5.41, 5.74) is 1.21. The van der Waals surface area contributed by atoms with Gasteiger partial charge in [0.25, 0.3) is 0 Å². The molecule has 3 unspecified atom stereocenters. The SMILES string of the molecule is CSC1CCCCC1NC(C)c1ccccc1Cl. The van der Waals surface area contributed by atoms with Crippen LogP contribution in [0.5, 0.6) is 0 Å². The molecule has 0 saturated heterocycles. The van der Waals surface area contributed by atoms with Crippen LogP contribution in [-0.2, 0) is 0 Å². The first kappa shape index (κ1) is 14.2. The lowest BCUT2D eigenvalue weighted by atomic mass is 9.93. The molecule has 1 aliphatic rings. The van der Waals surface area contributed by atoms with E-state index in [-0.39, 0.29) is 0 Å². The van der Waals surface area contributed by atoms with Crippen molar-refractivity contribution >= 4 is 23.4 Å². The summed E-state index contributed by atoms with van der Waals surface area (Å²) in [4.78, 5) is 0. The van der Waals surface area contributed by atoms with Gasteiger partial charge in [0.2, 0.25) is 0 Å². The first-order chi connectivity index (χ1) is 8.72. The molecule has 0 aromatic heterocycles. The van der Waals surface area contributed by atoms with Crippen LogP contribution in [0.25, 0.3) is 0 Å². The largest absolute Gasteiger partial charge is 0.306 e. The van der Waals surface area contributed by atoms with Crippen LogP contribution >= 0.6 is 23.4 Å². The summed E-state index contributed by atoms with van der Waals surface area (Å²) in [5, 5.41) is 5.39. The molecule has 0 radical (unpaired) electrons. The van der Waals surface area contributed by atoms with Gasteiger partial charge in [0.15, 0.2) is 0 Å². The molecule has 100 valence electrons. The fourth-order valence-corrected chi connectivity index (χ4v) is 4.05. The smallest absolute Gasteiger partial charge is 0.0453 e. The quantitative estimate of drug-likeness (QED) is 0.862. The van der Waals surface area contributed by atoms with Crippen molar-refractivity contribution in [1.82, 2.24) is 5.32 Å². The monoisotopic (exact) mass is 283 g/mol. The van der Waals surface area contributed by atoms with Crippen LogP contribution in [0.1, 0.15) is 44.2 Å². The molecule has 3 heteroatoms. The van der Waals surface area contributed by atoms with E-state index in [0.717, 1.165) is 10.3 Å². The summed E-state index contributed by atoms with van der Waals surface area (Å²) >= 11 is 8.26. The van der Waals surface area contributed by atoms with Crippen LogP contribution in [0.15, 0.2) is 24.3 Å². The fraction of sp³-hybridized carbons (Fsp3) is 0.600. The van der Waals surface area contributed by atoms with Crippen molar-refractivity contribution in [3.8, 4) is 0 Å². The van der Waals surface area contributed by atoms with E-state index in [9.17, 15) is 0 Å². The molecule has 0 spiro atoms. The molecule has 3 atom stereocenters. The van der Waals surface area contributed by atoms with E-state index >= 15 is 0 Å². The van der Waals surface area contributed by atoms with Gasteiger partial charge in [-0.05, 0) is 37.7 Å². The van der Waals surface area contributed by atoms with E-state index in [1.165, 1.54) is 31.2 Å². The highest BCUT2D eigenvalue weighted by Gasteiger charge is 2.25. The molecule has 0 heterocycles. The minimum Gasteiger partial charge on any atom is -0.306 e. The van der Waals surface area contributed by atoms with Crippen molar-refractivity contribution in [1.29, 1.82) is 0 Å². The minimum absolute atomic E-state index is 0.330. The molecule has 1 aromatic carbocycles. The average Bonchev–Trinajstić information content (AvgIpc) is 2.39. The summed E-state index contributed by atoms with van der Waals surface area (Å²) in [6.45, 7) is 2.22. The average molecular weight is 284 g/mol. The Labute approximate surface area is 120 Å². The Morgan fingerprint density at radius 1 is 1.28 bits per heavy atom. The summed E-state index contributed by atoms with van der Waals surface area (Å²) in [5.74, 6) is 0. The Balaban J connectivity index is 2.02. The molecule has 1 nitrogen and oxygen atoms in total. The zero-order valence-corrected chi connectivity index (χ0v) is 12.7. The first-order valence-corrected chi connectivity index (χ1v) is 8.42. The lowest BCUT2D eigenvalue weighted by molar-refractivity contribution is 0.356. The second-order valence-electron chi connectivity index (χ2n) is 5.07. The molecular formula is C15H22ClNS. The van der Waals surface area contributed by atoms with E-state index in [1.54, 1.807) is 0 Å². The zero-order chi connectivity index (χ0) is 13.0. The highest BCUT2D eigenvalue weighted by molar-refractivity contribution is 7.99. The molecule has 1 fully saturated rings. The predicted molar refractivity (Wildman–Crippen MR) is 82.6 cm³/mol. The third-order valence-corrected chi connectivity index (χ3v) is 5.36. The van der Waals surface area contributed by atoms with Crippen molar-refractivity contribution in [3.05, 3.63) is 34.9 Å². The second kappa shape index (κ2) is 6.83. The van der Waals surface area contributed by atoms with Crippen LogP contribution in [-0.4, -0.2) is 17.5 Å². The molecule has 18 heavy (non-hydrogen) atoms. The first-order valence-electron chi connectivity index (χ1n) is 6.75. The van der Waals surface area contributed by atoms with Crippen LogP contribution in [0.4, 0.5) is 0 Å². The van der Waals surface area contributed by atoms with Gasteiger partial charge in [-0.3, -0.25) is 0 Å². The van der Waals surface area contributed by atoms with Gasteiger partial charge in [-0.25, -0.2) is 0 Å². The lowest BCUT2D eigenvalue weighted by Gasteiger charge is -2.33. The Kier molecular flexibility index (Phi) is 5.40. The number of benzene rings is 1. The Hall–Kier alpha value is -0.180. The molecule has 0 amide bonds. The third kappa shape index (κ3) is 3.43. The lowest BCUT2D eigenvalue weighted by Crippen LogP contribution is -2.41. The summed E-state index contributed by atoms with van der Waals surface area (Å²) < 4.78 is 0. The van der Waals surface area contributed by atoms with Gasteiger partial charge >= 0.3 is 0 Å². The maximum absolute atomic E-state index is 6.26. The fourth-order valence-electron chi connectivity index (χ4n) is 2.81. The standard InChI is InChI=1S/C15H22ClNS/c1-11(12-7-3-4-8-13(12)16)17-14-9-5-6-10-15(14)18-2/h3-4,7-8,11,14-15,17H,5-6,9-10H2,1-2H3. The van der Waals surface area contributed by atoms with Crippen LogP contribution in [0.3, 0.4) is 0 Å². The predicted octanol–water partition coefficient (Wildman–Crippen LogP) is 4.66. The number of thioether (sulfide) groups is 1. The Bertz CT molecular complexity index is 383. The number of nitrogens with one attached hydrogen (secondary N) is 1. The normalized spacial score (nSPS) is 25.9. The van der Waals surface area contributed by atoms with Gasteiger partial charge in [-0.2, -0.15) is 11.8 Å². The van der Waals surface area contributed by atoms with Crippen molar-refractivity contribution in [2.75, 3.05) is 6.26 Å². The van der Waals surface area contributed by atoms with Gasteiger partial charge in [0, 0.05) is 22.4 Å². The van der Waals surface area contributed by atoms with Crippen LogP contribution < -0.4 is 5.32 Å². The third-order valence-electron chi connectivity index (χ3n) is 3.84. The zero-order valence-electron chi connectivity index (χ0n) is 11.2. The highest BCUT2D eigenvalue weighted by atomic mass is 35.5. The van der Waals surface area contributed by atoms with Crippen molar-refractivity contribution in [2.45, 2.75) is 49.9 Å². The number of halogens is 1. The number of rotatable bonds is 4. The minimum atomic E-state index is 0.330. The number of hydrogen-bond donors (Lipinski definition) is 1. The molecule has 2 rings (SSSR count). The van der Waals surface area contributed by atoms with E-state index < -0.39 is 0 Å². The van der Waals surface area contributed by atoms with Crippen molar-refractivity contribution in [3.63, 3.8) is 0 Å². The van der Waals surface area contributed by atoms with Gasteiger partial charge in [0.1, 0.15) is 0 Å². The number of hydrogen-bond acceptors (Lipinski definition) is 2. The van der Waals surface area contributed by atoms with E-state index in [2.05, 4.69) is 30.6 Å².